The van der Waals surface area contributed by atoms with E-state index >= 15 is 0 Å². The molecule has 1 aliphatic rings. The van der Waals surface area contributed by atoms with Gasteiger partial charge in [0.2, 0.25) is 0 Å². The van der Waals surface area contributed by atoms with Gasteiger partial charge < -0.3 is 0 Å². The Hall–Kier alpha value is -0.300. The predicted molar refractivity (Wildman–Crippen MR) is 41.8 cm³/mol. The summed E-state index contributed by atoms with van der Waals surface area (Å²) in [5.41, 5.74) is 0.913. The van der Waals surface area contributed by atoms with E-state index in [0.717, 1.165) is 5.57 Å². The van der Waals surface area contributed by atoms with Crippen LogP contribution in [0.25, 0.3) is 0 Å². The number of alkyl halides is 1. The fourth-order valence-electron chi connectivity index (χ4n) is 0.945. The summed E-state index contributed by atoms with van der Waals surface area (Å²) < 4.78 is 12.9. The van der Waals surface area contributed by atoms with E-state index in [1.807, 2.05) is 13.0 Å². The van der Waals surface area contributed by atoms with Crippen molar-refractivity contribution < 1.29 is 4.39 Å². The number of hydrogen-bond acceptors (Lipinski definition) is 0. The normalized spacial score (nSPS) is 33.2. The van der Waals surface area contributed by atoms with E-state index in [0.29, 0.717) is 5.03 Å². The second kappa shape index (κ2) is 2.75. The first-order valence-electron chi connectivity index (χ1n) is 3.31. The summed E-state index contributed by atoms with van der Waals surface area (Å²) >= 11 is 5.74. The minimum Gasteiger partial charge on any atom is -0.242 e. The van der Waals surface area contributed by atoms with Crippen LogP contribution in [0.2, 0.25) is 0 Å². The van der Waals surface area contributed by atoms with Crippen molar-refractivity contribution in [3.05, 3.63) is 22.8 Å². The molecule has 0 saturated carbocycles. The highest BCUT2D eigenvalue weighted by atomic mass is 35.5. The Morgan fingerprint density at radius 2 is 2.20 bits per heavy atom. The van der Waals surface area contributed by atoms with E-state index in [-0.39, 0.29) is 5.92 Å². The van der Waals surface area contributed by atoms with Crippen LogP contribution >= 0.6 is 11.6 Å². The van der Waals surface area contributed by atoms with Gasteiger partial charge in [0.05, 0.1) is 0 Å². The molecule has 10 heavy (non-hydrogen) atoms. The zero-order valence-electron chi connectivity index (χ0n) is 6.07. The fourth-order valence-corrected chi connectivity index (χ4v) is 1.24. The Kier molecular flexibility index (Phi) is 2.14. The van der Waals surface area contributed by atoms with Gasteiger partial charge in [-0.1, -0.05) is 24.1 Å². The van der Waals surface area contributed by atoms with Gasteiger partial charge in [-0.2, -0.15) is 0 Å². The highest BCUT2D eigenvalue weighted by Gasteiger charge is 2.20. The summed E-state index contributed by atoms with van der Waals surface area (Å²) in [7, 11) is 0. The van der Waals surface area contributed by atoms with Crippen LogP contribution in [-0.2, 0) is 0 Å². The molecule has 2 unspecified atom stereocenters. The highest BCUT2D eigenvalue weighted by molar-refractivity contribution is 6.30. The largest absolute Gasteiger partial charge is 0.242 e. The maximum absolute atomic E-state index is 12.9. The quantitative estimate of drug-likeness (QED) is 0.511. The highest BCUT2D eigenvalue weighted by Crippen LogP contribution is 2.28. The van der Waals surface area contributed by atoms with Crippen molar-refractivity contribution in [2.45, 2.75) is 20.0 Å². The maximum Gasteiger partial charge on any atom is 0.126 e. The molecule has 0 nitrogen and oxygen atoms in total. The smallest absolute Gasteiger partial charge is 0.126 e. The number of rotatable bonds is 0. The van der Waals surface area contributed by atoms with Gasteiger partial charge in [-0.25, -0.2) is 4.39 Å². The van der Waals surface area contributed by atoms with Crippen LogP contribution in [0.15, 0.2) is 22.8 Å². The van der Waals surface area contributed by atoms with Crippen LogP contribution in [0.3, 0.4) is 0 Å². The van der Waals surface area contributed by atoms with Crippen LogP contribution in [0.1, 0.15) is 13.8 Å². The van der Waals surface area contributed by atoms with E-state index in [9.17, 15) is 4.39 Å². The summed E-state index contributed by atoms with van der Waals surface area (Å²) in [5.74, 6) is -0.162. The molecule has 1 aliphatic carbocycles. The average molecular weight is 161 g/mol. The molecular weight excluding hydrogens is 151 g/mol. The van der Waals surface area contributed by atoms with Crippen LogP contribution in [0.4, 0.5) is 4.39 Å². The van der Waals surface area contributed by atoms with E-state index in [1.165, 1.54) is 0 Å². The molecule has 0 radical (unpaired) electrons. The summed E-state index contributed by atoms with van der Waals surface area (Å²) in [6, 6.07) is 0. The minimum absolute atomic E-state index is 0.162. The lowest BCUT2D eigenvalue weighted by Crippen LogP contribution is -2.13. The van der Waals surface area contributed by atoms with Crippen molar-refractivity contribution in [3.63, 3.8) is 0 Å². The molecule has 0 bridgehead atoms. The molecule has 0 spiro atoms. The Labute approximate surface area is 65.4 Å². The molecule has 0 aromatic rings. The minimum atomic E-state index is -0.905. The Morgan fingerprint density at radius 3 is 2.70 bits per heavy atom. The molecule has 0 N–H and O–H groups in total. The molecule has 0 fully saturated rings. The monoisotopic (exact) mass is 160 g/mol. The molecule has 0 heterocycles. The van der Waals surface area contributed by atoms with Crippen molar-refractivity contribution in [1.29, 1.82) is 0 Å². The third-order valence-corrected chi connectivity index (χ3v) is 2.15. The zero-order valence-corrected chi connectivity index (χ0v) is 6.82. The van der Waals surface area contributed by atoms with Crippen molar-refractivity contribution in [1.82, 2.24) is 0 Å². The SMILES string of the molecule is CC1=CC(F)C(C)C(Cl)=C1. The molecule has 0 aliphatic heterocycles. The molecule has 2 heteroatoms. The Bertz CT molecular complexity index is 193. The van der Waals surface area contributed by atoms with Gasteiger partial charge in [-0.05, 0) is 19.1 Å². The van der Waals surface area contributed by atoms with E-state index in [4.69, 9.17) is 11.6 Å². The molecular formula is C8H10ClF. The first-order chi connectivity index (χ1) is 4.61. The van der Waals surface area contributed by atoms with Crippen LogP contribution < -0.4 is 0 Å². The Balaban J connectivity index is 2.85. The molecule has 0 amide bonds. The third kappa shape index (κ3) is 1.40. The van der Waals surface area contributed by atoms with Gasteiger partial charge in [-0.3, -0.25) is 0 Å². The third-order valence-electron chi connectivity index (χ3n) is 1.70. The molecule has 0 saturated heterocycles. The summed E-state index contributed by atoms with van der Waals surface area (Å²) in [6.45, 7) is 3.63. The van der Waals surface area contributed by atoms with Crippen molar-refractivity contribution >= 4 is 11.6 Å². The van der Waals surface area contributed by atoms with Gasteiger partial charge in [0.15, 0.2) is 0 Å². The van der Waals surface area contributed by atoms with Gasteiger partial charge in [0.25, 0.3) is 0 Å². The number of allylic oxidation sites excluding steroid dienone is 4. The molecule has 0 aromatic heterocycles. The van der Waals surface area contributed by atoms with Crippen molar-refractivity contribution in [2.75, 3.05) is 0 Å². The van der Waals surface area contributed by atoms with Crippen LogP contribution in [-0.4, -0.2) is 6.17 Å². The standard InChI is InChI=1S/C8H10ClF/c1-5-3-7(9)6(2)8(10)4-5/h3-4,6,8H,1-2H3. The summed E-state index contributed by atoms with van der Waals surface area (Å²) in [4.78, 5) is 0. The molecule has 56 valence electrons. The number of hydrogen-bond donors (Lipinski definition) is 0. The van der Waals surface area contributed by atoms with E-state index < -0.39 is 6.17 Å². The van der Waals surface area contributed by atoms with E-state index in [1.54, 1.807) is 13.0 Å². The second-order valence-electron chi connectivity index (χ2n) is 2.67. The van der Waals surface area contributed by atoms with Gasteiger partial charge in [0, 0.05) is 11.0 Å². The number of halogens is 2. The second-order valence-corrected chi connectivity index (χ2v) is 3.11. The summed E-state index contributed by atoms with van der Waals surface area (Å²) in [5, 5.41) is 0.618. The first kappa shape index (κ1) is 7.80. The lowest BCUT2D eigenvalue weighted by Gasteiger charge is -2.17. The van der Waals surface area contributed by atoms with E-state index in [2.05, 4.69) is 0 Å². The van der Waals surface area contributed by atoms with Crippen LogP contribution in [0.5, 0.6) is 0 Å². The first-order valence-corrected chi connectivity index (χ1v) is 3.68. The van der Waals surface area contributed by atoms with Gasteiger partial charge >= 0.3 is 0 Å². The van der Waals surface area contributed by atoms with Crippen LogP contribution in [0, 0.1) is 5.92 Å². The maximum atomic E-state index is 12.9. The summed E-state index contributed by atoms with van der Waals surface area (Å²) in [6.07, 6.45) is 2.50. The topological polar surface area (TPSA) is 0 Å². The molecule has 2 atom stereocenters. The lowest BCUT2D eigenvalue weighted by atomic mass is 9.97. The van der Waals surface area contributed by atoms with Crippen molar-refractivity contribution in [3.8, 4) is 0 Å². The predicted octanol–water partition coefficient (Wildman–Crippen LogP) is 3.04. The lowest BCUT2D eigenvalue weighted by molar-refractivity contribution is 0.328. The molecule has 1 rings (SSSR count). The fraction of sp³-hybridized carbons (Fsp3) is 0.500. The Morgan fingerprint density at radius 1 is 1.60 bits per heavy atom. The molecule has 0 aromatic carbocycles. The van der Waals surface area contributed by atoms with Gasteiger partial charge in [0.1, 0.15) is 6.17 Å². The van der Waals surface area contributed by atoms with Crippen molar-refractivity contribution in [2.24, 2.45) is 5.92 Å². The zero-order chi connectivity index (χ0) is 7.72. The van der Waals surface area contributed by atoms with Gasteiger partial charge in [-0.15, -0.1) is 0 Å². The average Bonchev–Trinajstić information content (AvgIpc) is 1.82.